The Morgan fingerprint density at radius 2 is 1.00 bits per heavy atom. The van der Waals surface area contributed by atoms with Gasteiger partial charge in [-0.05, 0) is 0 Å². The molecule has 0 heterocycles. The molecule has 0 saturated carbocycles. The summed E-state index contributed by atoms with van der Waals surface area (Å²) in [6.45, 7) is 0. The molecule has 0 aliphatic carbocycles. The van der Waals surface area contributed by atoms with Gasteiger partial charge in [-0.25, -0.2) is 0 Å². The monoisotopic (exact) mass is 483 g/mol. The first-order valence-corrected chi connectivity index (χ1v) is 0. The molecule has 0 unspecified atom stereocenters. The van der Waals surface area contributed by atoms with Gasteiger partial charge in [0, 0.05) is 69.3 Å². The molecule has 0 bridgehead atoms. The standard InChI is InChI=1S/Ba.O.U.Y.2H. The Morgan fingerprint density at radius 1 is 1.00 bits per heavy atom. The molecule has 0 saturated heterocycles. The molecule has 0 spiro atoms. The minimum absolute atomic E-state index is 0. The maximum Gasteiger partial charge on any atom is 0 e. The fraction of sp³-hybridized carbons (Fsp3) is 0. The van der Waals surface area contributed by atoms with Crippen LogP contribution < -0.4 is 0 Å². The quantitative estimate of drug-likeness (QED) is 0.395. The SMILES string of the molecule is [BaH2].[O].[U].[Y]. The summed E-state index contributed by atoms with van der Waals surface area (Å²) in [5.41, 5.74) is 0. The zero-order valence-electron chi connectivity index (χ0n) is 1.49. The topological polar surface area (TPSA) is 28.5 Å². The molecule has 0 aromatic rings. The molecule has 0 aromatic heterocycles. The average Bonchev–Trinajstić information content (AvgIpc) is 0. The smallest absolute Gasteiger partial charge is 0 e. The first-order valence-electron chi connectivity index (χ1n) is 0. The van der Waals surface area contributed by atoms with Crippen LogP contribution in [0.15, 0.2) is 0 Å². The Labute approximate surface area is 115 Å². The largest absolute Gasteiger partial charge is 0 e. The van der Waals surface area contributed by atoms with E-state index in [2.05, 4.69) is 0 Å². The van der Waals surface area contributed by atoms with Gasteiger partial charge in [0.2, 0.25) is 0 Å². The minimum atomic E-state index is 0. The summed E-state index contributed by atoms with van der Waals surface area (Å²) in [6, 6.07) is 0. The fourth-order valence-electron chi connectivity index (χ4n) is 0. The summed E-state index contributed by atoms with van der Waals surface area (Å²) < 4.78 is 0. The maximum atomic E-state index is 0. The Balaban J connectivity index is 0. The van der Waals surface area contributed by atoms with Crippen molar-refractivity contribution >= 4 is 48.9 Å². The molecule has 1 nitrogen and oxygen atoms in total. The van der Waals surface area contributed by atoms with Gasteiger partial charge in [-0.15, -0.1) is 0 Å². The predicted molar refractivity (Wildman–Crippen MR) is 9.23 cm³/mol. The van der Waals surface area contributed by atoms with E-state index in [4.69, 9.17) is 0 Å². The molecule has 0 N–H and O–H groups in total. The molecular formula is H2BaOUY. The first-order chi connectivity index (χ1) is 0. The molecular weight excluding hydrogens is 480 g/mol. The summed E-state index contributed by atoms with van der Waals surface area (Å²) in [5, 5.41) is 0. The number of rotatable bonds is 0. The van der Waals surface area contributed by atoms with Crippen LogP contribution in [0.4, 0.5) is 0 Å². The second-order valence-corrected chi connectivity index (χ2v) is 0. The summed E-state index contributed by atoms with van der Waals surface area (Å²) in [4.78, 5) is 0. The van der Waals surface area contributed by atoms with E-state index in [-0.39, 0.29) is 118 Å². The molecule has 0 amide bonds. The van der Waals surface area contributed by atoms with Crippen molar-refractivity contribution < 1.29 is 69.3 Å². The van der Waals surface area contributed by atoms with Crippen LogP contribution in [0.25, 0.3) is 0 Å². The van der Waals surface area contributed by atoms with E-state index < -0.39 is 0 Å². The van der Waals surface area contributed by atoms with Crippen molar-refractivity contribution in [3.8, 4) is 0 Å². The summed E-state index contributed by atoms with van der Waals surface area (Å²) in [5.74, 6) is 0. The summed E-state index contributed by atoms with van der Waals surface area (Å²) in [7, 11) is 0. The second kappa shape index (κ2) is 15.9. The van der Waals surface area contributed by atoms with Gasteiger partial charge in [-0.1, -0.05) is 0 Å². The van der Waals surface area contributed by atoms with Crippen molar-refractivity contribution in [1.82, 2.24) is 0 Å². The third-order valence-electron chi connectivity index (χ3n) is 0. The Bertz CT molecular complexity index is 8.00. The minimum Gasteiger partial charge on any atom is 0 e. The van der Waals surface area contributed by atoms with Crippen LogP contribution in [0.1, 0.15) is 0 Å². The Hall–Kier alpha value is 3.69. The van der Waals surface area contributed by atoms with Crippen LogP contribution in [0.3, 0.4) is 0 Å². The Kier molecular flexibility index (Phi) is 101. The van der Waals surface area contributed by atoms with Gasteiger partial charge in [0.25, 0.3) is 0 Å². The van der Waals surface area contributed by atoms with Crippen molar-refractivity contribution in [3.63, 3.8) is 0 Å². The van der Waals surface area contributed by atoms with E-state index in [1.807, 2.05) is 0 Å². The van der Waals surface area contributed by atoms with Gasteiger partial charge >= 0.3 is 48.9 Å². The van der Waals surface area contributed by atoms with Gasteiger partial charge < -0.3 is 0 Å². The number of hydrogen-bond acceptors (Lipinski definition) is 0. The van der Waals surface area contributed by atoms with E-state index in [0.29, 0.717) is 0 Å². The van der Waals surface area contributed by atoms with E-state index in [9.17, 15) is 0 Å². The molecule has 3 radical (unpaired) electrons. The Morgan fingerprint density at radius 3 is 1.00 bits per heavy atom. The van der Waals surface area contributed by atoms with Crippen molar-refractivity contribution in [2.75, 3.05) is 0 Å². The van der Waals surface area contributed by atoms with Crippen LogP contribution >= 0.6 is 0 Å². The number of hydrogen-bond donors (Lipinski definition) is 0. The van der Waals surface area contributed by atoms with Gasteiger partial charge in [0.1, 0.15) is 0 Å². The van der Waals surface area contributed by atoms with Crippen LogP contribution in [-0.4, -0.2) is 48.9 Å². The predicted octanol–water partition coefficient (Wildman–Crippen LogP) is -1.04. The third kappa shape index (κ3) is 9.19. The van der Waals surface area contributed by atoms with Crippen LogP contribution in [-0.2, 0) is 38.2 Å². The molecule has 0 aliphatic rings. The van der Waals surface area contributed by atoms with E-state index in [0.717, 1.165) is 0 Å². The van der Waals surface area contributed by atoms with Gasteiger partial charge in [-0.2, -0.15) is 0 Å². The molecule has 4 heteroatoms. The second-order valence-electron chi connectivity index (χ2n) is 0. The normalized spacial score (nSPS) is 0. The van der Waals surface area contributed by atoms with E-state index in [1.165, 1.54) is 0 Å². The molecule has 17 valence electrons. The van der Waals surface area contributed by atoms with Crippen LogP contribution in [0, 0.1) is 31.1 Å². The maximum absolute atomic E-state index is 0. The van der Waals surface area contributed by atoms with Crippen LogP contribution in [0.2, 0.25) is 0 Å². The first kappa shape index (κ1) is 25.3. The van der Waals surface area contributed by atoms with Gasteiger partial charge in [-0.3, -0.25) is 0 Å². The molecule has 0 aromatic carbocycles. The molecule has 0 fully saturated rings. The average molecular weight is 482 g/mol. The van der Waals surface area contributed by atoms with Crippen molar-refractivity contribution in [1.29, 1.82) is 0 Å². The third-order valence-corrected chi connectivity index (χ3v) is 0. The van der Waals surface area contributed by atoms with Gasteiger partial charge in [0.15, 0.2) is 0 Å². The van der Waals surface area contributed by atoms with Crippen molar-refractivity contribution in [2.24, 2.45) is 0 Å². The van der Waals surface area contributed by atoms with Crippen molar-refractivity contribution in [2.45, 2.75) is 0 Å². The zero-order valence-corrected chi connectivity index (χ0v) is 8.49. The van der Waals surface area contributed by atoms with Crippen LogP contribution in [0.5, 0.6) is 0 Å². The van der Waals surface area contributed by atoms with Crippen molar-refractivity contribution in [3.05, 3.63) is 0 Å². The van der Waals surface area contributed by atoms with E-state index >= 15 is 0 Å². The molecule has 4 heavy (non-hydrogen) atoms. The zero-order chi connectivity index (χ0) is 0. The van der Waals surface area contributed by atoms with Gasteiger partial charge in [0.05, 0.1) is 0 Å². The molecule has 0 aliphatic heterocycles. The van der Waals surface area contributed by atoms with E-state index in [1.54, 1.807) is 0 Å². The fourth-order valence-corrected chi connectivity index (χ4v) is 0. The molecule has 0 rings (SSSR count). The molecule has 0 atom stereocenters. The summed E-state index contributed by atoms with van der Waals surface area (Å²) >= 11 is 0. The summed E-state index contributed by atoms with van der Waals surface area (Å²) in [6.07, 6.45) is 0.